The molecule has 3 fully saturated rings. The lowest BCUT2D eigenvalue weighted by molar-refractivity contribution is -0.0944. The predicted octanol–water partition coefficient (Wildman–Crippen LogP) is 5.11. The van der Waals surface area contributed by atoms with Crippen LogP contribution in [0.5, 0.6) is 0 Å². The fourth-order valence-corrected chi connectivity index (χ4v) is 9.02. The number of allylic oxidation sites excluding steroid dienone is 3. The Morgan fingerprint density at radius 2 is 1.89 bits per heavy atom. The van der Waals surface area contributed by atoms with E-state index in [2.05, 4.69) is 46.8 Å². The largest absolute Gasteiger partial charge is 0.392 e. The van der Waals surface area contributed by atoms with Crippen LogP contribution in [0.3, 0.4) is 0 Å². The van der Waals surface area contributed by atoms with Crippen LogP contribution in [0.25, 0.3) is 0 Å². The third-order valence-electron chi connectivity index (χ3n) is 10.3. The van der Waals surface area contributed by atoms with E-state index in [9.17, 15) is 10.2 Å². The summed E-state index contributed by atoms with van der Waals surface area (Å²) in [6.45, 7) is 11.9. The number of hydrogen-bond acceptors (Lipinski definition) is 2. The molecule has 0 radical (unpaired) electrons. The zero-order chi connectivity index (χ0) is 19.4. The highest BCUT2D eigenvalue weighted by Gasteiger charge is 2.70. The summed E-state index contributed by atoms with van der Waals surface area (Å²) in [7, 11) is 0. The summed E-state index contributed by atoms with van der Waals surface area (Å²) in [5, 5.41) is 22.5. The van der Waals surface area contributed by atoms with E-state index >= 15 is 0 Å². The minimum absolute atomic E-state index is 0.0580. The van der Waals surface area contributed by atoms with Crippen molar-refractivity contribution >= 4 is 0 Å². The molecule has 2 N–H and O–H groups in total. The monoisotopic (exact) mass is 370 g/mol. The highest BCUT2D eigenvalue weighted by atomic mass is 16.3. The maximum atomic E-state index is 11.5. The van der Waals surface area contributed by atoms with Crippen molar-refractivity contribution in [3.63, 3.8) is 0 Å². The molecular formula is C25H38O2. The predicted molar refractivity (Wildman–Crippen MR) is 109 cm³/mol. The molecule has 150 valence electrons. The molecule has 0 amide bonds. The minimum atomic E-state index is -0.305. The van der Waals surface area contributed by atoms with E-state index in [1.807, 2.05) is 0 Å². The standard InChI is InChI=1S/C25H38O2/c1-14(2)17-7-8-23(4)12-19-16(10-18(17)23)11-21(27)25-9-6-15(3)22(25)20(26)13-24(19,25)5/h6,12,14,16-18,20-22,26-27H,7-11,13H2,1-5H3/t16-,17+,18+,20-,21+,22-,23-,24+,25+/m1/s1. The van der Waals surface area contributed by atoms with Crippen molar-refractivity contribution in [1.82, 2.24) is 0 Å². The third kappa shape index (κ3) is 2.05. The van der Waals surface area contributed by atoms with Crippen LogP contribution < -0.4 is 0 Å². The highest BCUT2D eigenvalue weighted by Crippen LogP contribution is 2.74. The summed E-state index contributed by atoms with van der Waals surface area (Å²) in [4.78, 5) is 0. The number of aliphatic hydroxyl groups is 2. The maximum Gasteiger partial charge on any atom is 0.0620 e. The van der Waals surface area contributed by atoms with E-state index in [1.165, 1.54) is 24.8 Å². The van der Waals surface area contributed by atoms with Gasteiger partial charge in [0.2, 0.25) is 0 Å². The van der Waals surface area contributed by atoms with Gasteiger partial charge >= 0.3 is 0 Å². The maximum absolute atomic E-state index is 11.5. The van der Waals surface area contributed by atoms with Crippen LogP contribution in [0.15, 0.2) is 23.3 Å². The second-order valence-electron chi connectivity index (χ2n) is 11.6. The van der Waals surface area contributed by atoms with E-state index in [-0.39, 0.29) is 29.0 Å². The Morgan fingerprint density at radius 1 is 1.15 bits per heavy atom. The molecule has 0 aromatic heterocycles. The molecular weight excluding hydrogens is 332 g/mol. The van der Waals surface area contributed by atoms with Crippen LogP contribution in [0, 0.1) is 45.8 Å². The third-order valence-corrected chi connectivity index (χ3v) is 10.3. The second-order valence-corrected chi connectivity index (χ2v) is 11.6. The molecule has 5 aliphatic rings. The van der Waals surface area contributed by atoms with Crippen molar-refractivity contribution in [1.29, 1.82) is 0 Å². The van der Waals surface area contributed by atoms with Gasteiger partial charge in [-0.1, -0.05) is 51.0 Å². The van der Waals surface area contributed by atoms with Gasteiger partial charge in [-0.3, -0.25) is 0 Å². The molecule has 27 heavy (non-hydrogen) atoms. The van der Waals surface area contributed by atoms with Crippen LogP contribution in [-0.4, -0.2) is 22.4 Å². The Hall–Kier alpha value is -0.600. The van der Waals surface area contributed by atoms with Gasteiger partial charge in [0.1, 0.15) is 0 Å². The van der Waals surface area contributed by atoms with Gasteiger partial charge in [0, 0.05) is 16.7 Å². The van der Waals surface area contributed by atoms with E-state index in [0.717, 1.165) is 37.0 Å². The van der Waals surface area contributed by atoms with Gasteiger partial charge in [-0.15, -0.1) is 0 Å². The molecule has 5 rings (SSSR count). The zero-order valence-electron chi connectivity index (χ0n) is 17.8. The Labute approximate surface area is 165 Å². The van der Waals surface area contributed by atoms with E-state index in [1.54, 1.807) is 5.57 Å². The van der Waals surface area contributed by atoms with Gasteiger partial charge in [-0.25, -0.2) is 0 Å². The molecule has 0 bridgehead atoms. The van der Waals surface area contributed by atoms with Crippen molar-refractivity contribution < 1.29 is 10.2 Å². The Morgan fingerprint density at radius 3 is 2.59 bits per heavy atom. The summed E-state index contributed by atoms with van der Waals surface area (Å²) in [6.07, 6.45) is 11.0. The fourth-order valence-electron chi connectivity index (χ4n) is 9.02. The smallest absolute Gasteiger partial charge is 0.0620 e. The second kappa shape index (κ2) is 5.51. The lowest BCUT2D eigenvalue weighted by Crippen LogP contribution is -2.55. The summed E-state index contributed by atoms with van der Waals surface area (Å²) in [6, 6.07) is 0. The molecule has 0 aromatic carbocycles. The lowest BCUT2D eigenvalue weighted by atomic mass is 9.46. The minimum Gasteiger partial charge on any atom is -0.392 e. The van der Waals surface area contributed by atoms with E-state index in [0.29, 0.717) is 11.3 Å². The van der Waals surface area contributed by atoms with Crippen LogP contribution in [0.2, 0.25) is 0 Å². The molecule has 9 atom stereocenters. The van der Waals surface area contributed by atoms with Gasteiger partial charge in [-0.2, -0.15) is 0 Å². The lowest BCUT2D eigenvalue weighted by Gasteiger charge is -2.58. The quantitative estimate of drug-likeness (QED) is 0.630. The number of hydrogen-bond donors (Lipinski definition) is 2. The Balaban J connectivity index is 1.62. The molecule has 0 saturated heterocycles. The number of fused-ring (bicyclic) bond motifs is 3. The van der Waals surface area contributed by atoms with Gasteiger partial charge in [0.05, 0.1) is 12.2 Å². The normalized spacial score (nSPS) is 56.3. The van der Waals surface area contributed by atoms with Gasteiger partial charge < -0.3 is 10.2 Å². The van der Waals surface area contributed by atoms with Crippen LogP contribution in [0.1, 0.15) is 73.1 Å². The van der Waals surface area contributed by atoms with E-state index in [4.69, 9.17) is 0 Å². The molecule has 2 nitrogen and oxygen atoms in total. The first-order chi connectivity index (χ1) is 12.6. The first-order valence-corrected chi connectivity index (χ1v) is 11.4. The van der Waals surface area contributed by atoms with Crippen molar-refractivity contribution in [3.8, 4) is 0 Å². The SMILES string of the molecule is CC1=CC[C@]23[C@H]1[C@H](O)C[C@@]2(C)C1=C[C@@]2(C)CC[C@@H](C(C)C)[C@@H]2C[C@@H]1C[C@@H]3O. The van der Waals surface area contributed by atoms with Crippen LogP contribution in [0.4, 0.5) is 0 Å². The topological polar surface area (TPSA) is 40.5 Å². The van der Waals surface area contributed by atoms with Crippen molar-refractivity contribution in [2.24, 2.45) is 45.8 Å². The fraction of sp³-hybridized carbons (Fsp3) is 0.840. The van der Waals surface area contributed by atoms with Crippen molar-refractivity contribution in [2.45, 2.75) is 85.4 Å². The first-order valence-electron chi connectivity index (χ1n) is 11.4. The van der Waals surface area contributed by atoms with Crippen molar-refractivity contribution in [3.05, 3.63) is 23.3 Å². The Bertz CT molecular complexity index is 720. The molecule has 1 spiro atoms. The molecule has 0 aromatic rings. The van der Waals surface area contributed by atoms with Crippen LogP contribution in [-0.2, 0) is 0 Å². The summed E-state index contributed by atoms with van der Waals surface area (Å²) in [5.74, 6) is 3.01. The highest BCUT2D eigenvalue weighted by molar-refractivity contribution is 5.41. The molecule has 5 aliphatic carbocycles. The average molecular weight is 371 g/mol. The van der Waals surface area contributed by atoms with Crippen molar-refractivity contribution in [2.75, 3.05) is 0 Å². The number of aliphatic hydroxyl groups excluding tert-OH is 2. The average Bonchev–Trinajstić information content (AvgIpc) is 3.18. The summed E-state index contributed by atoms with van der Waals surface area (Å²) >= 11 is 0. The first kappa shape index (κ1) is 18.4. The van der Waals surface area contributed by atoms with Gasteiger partial charge in [0.15, 0.2) is 0 Å². The Kier molecular flexibility index (Phi) is 3.76. The molecule has 3 saturated carbocycles. The molecule has 2 heteroatoms. The number of rotatable bonds is 1. The molecule has 0 heterocycles. The summed E-state index contributed by atoms with van der Waals surface area (Å²) < 4.78 is 0. The summed E-state index contributed by atoms with van der Waals surface area (Å²) in [5.41, 5.74) is 3.01. The van der Waals surface area contributed by atoms with Gasteiger partial charge in [0.25, 0.3) is 0 Å². The molecule has 0 unspecified atom stereocenters. The zero-order valence-corrected chi connectivity index (χ0v) is 17.8. The molecule has 0 aliphatic heterocycles. The van der Waals surface area contributed by atoms with E-state index < -0.39 is 0 Å². The van der Waals surface area contributed by atoms with Gasteiger partial charge in [-0.05, 0) is 74.5 Å². The van der Waals surface area contributed by atoms with Crippen LogP contribution >= 0.6 is 0 Å².